The number of benzene rings is 1. The fourth-order valence-corrected chi connectivity index (χ4v) is 3.11. The Labute approximate surface area is 137 Å². The largest absolute Gasteiger partial charge is 0.392 e. The monoisotopic (exact) mass is 326 g/mol. The number of morpholine rings is 1. The molecule has 22 heavy (non-hydrogen) atoms. The Morgan fingerprint density at radius 2 is 2.05 bits per heavy atom. The summed E-state index contributed by atoms with van der Waals surface area (Å²) in [6, 6.07) is 9.74. The molecule has 4 atom stereocenters. The van der Waals surface area contributed by atoms with Crippen LogP contribution in [0, 0.1) is 0 Å². The summed E-state index contributed by atoms with van der Waals surface area (Å²) >= 11 is 0. The van der Waals surface area contributed by atoms with Gasteiger partial charge < -0.3 is 20.1 Å². The van der Waals surface area contributed by atoms with Crippen LogP contribution >= 0.6 is 12.4 Å². The molecule has 0 radical (unpaired) electrons. The van der Waals surface area contributed by atoms with Crippen LogP contribution in [0.25, 0.3) is 0 Å². The van der Waals surface area contributed by atoms with Crippen LogP contribution in [-0.2, 0) is 9.53 Å². The van der Waals surface area contributed by atoms with Gasteiger partial charge in [0.25, 0.3) is 0 Å². The smallest absolute Gasteiger partial charge is 0.240 e. The maximum absolute atomic E-state index is 12.6. The van der Waals surface area contributed by atoms with Gasteiger partial charge in [0.2, 0.25) is 5.91 Å². The number of aliphatic hydroxyl groups is 1. The van der Waals surface area contributed by atoms with Gasteiger partial charge >= 0.3 is 0 Å². The summed E-state index contributed by atoms with van der Waals surface area (Å²) in [4.78, 5) is 14.4. The second kappa shape index (κ2) is 7.42. The number of hydrogen-bond donors (Lipinski definition) is 2. The highest BCUT2D eigenvalue weighted by Gasteiger charge is 2.35. The molecule has 4 unspecified atom stereocenters. The third kappa shape index (κ3) is 3.79. The van der Waals surface area contributed by atoms with Crippen LogP contribution in [0.2, 0.25) is 0 Å². The normalized spacial score (nSPS) is 31.6. The molecule has 2 N–H and O–H groups in total. The number of β-amino-alcohol motifs (C(OH)–C–C–N with tert-alkyl or cyclic N) is 1. The average molecular weight is 327 g/mol. The van der Waals surface area contributed by atoms with Gasteiger partial charge in [-0.05, 0) is 18.9 Å². The number of halogens is 1. The van der Waals surface area contributed by atoms with Crippen molar-refractivity contribution in [2.24, 2.45) is 0 Å². The first-order valence-electron chi connectivity index (χ1n) is 7.54. The highest BCUT2D eigenvalue weighted by atomic mass is 35.5. The third-order valence-corrected chi connectivity index (χ3v) is 4.15. The molecule has 0 aliphatic carbocycles. The average Bonchev–Trinajstić information content (AvgIpc) is 2.93. The number of ether oxygens (including phenoxy) is 1. The Hall–Kier alpha value is -1.14. The minimum atomic E-state index is -0.415. The fourth-order valence-electron chi connectivity index (χ4n) is 3.11. The van der Waals surface area contributed by atoms with Crippen LogP contribution < -0.4 is 5.32 Å². The van der Waals surface area contributed by atoms with Gasteiger partial charge in [-0.15, -0.1) is 12.4 Å². The molecule has 6 heteroatoms. The van der Waals surface area contributed by atoms with Gasteiger partial charge in [0.15, 0.2) is 0 Å². The van der Waals surface area contributed by atoms with E-state index in [2.05, 4.69) is 5.32 Å². The van der Waals surface area contributed by atoms with Crippen LogP contribution in [0.5, 0.6) is 0 Å². The molecule has 3 rings (SSSR count). The summed E-state index contributed by atoms with van der Waals surface area (Å²) < 4.78 is 5.97. The number of nitrogens with zero attached hydrogens (tertiary/aromatic N) is 1. The van der Waals surface area contributed by atoms with E-state index in [0.29, 0.717) is 26.1 Å². The summed E-state index contributed by atoms with van der Waals surface area (Å²) in [6.07, 6.45) is 0.0207. The van der Waals surface area contributed by atoms with E-state index in [1.807, 2.05) is 42.2 Å². The first-order valence-corrected chi connectivity index (χ1v) is 7.54. The molecular weight excluding hydrogens is 304 g/mol. The molecule has 1 amide bonds. The first-order chi connectivity index (χ1) is 10.1. The summed E-state index contributed by atoms with van der Waals surface area (Å²) in [5.41, 5.74) is 1.10. The lowest BCUT2D eigenvalue weighted by Crippen LogP contribution is -2.51. The van der Waals surface area contributed by atoms with E-state index in [1.165, 1.54) is 0 Å². The Bertz CT molecular complexity index is 499. The SMILES string of the molecule is CC1CN(C(=O)C2CC(O)CN2)CC(c2ccccc2)O1.Cl. The lowest BCUT2D eigenvalue weighted by atomic mass is 10.1. The molecule has 122 valence electrons. The van der Waals surface area contributed by atoms with Crippen molar-refractivity contribution in [1.82, 2.24) is 10.2 Å². The molecule has 0 aromatic heterocycles. The summed E-state index contributed by atoms with van der Waals surface area (Å²) in [5, 5.41) is 12.7. The van der Waals surface area contributed by atoms with E-state index in [0.717, 1.165) is 5.56 Å². The summed E-state index contributed by atoms with van der Waals surface area (Å²) in [5.74, 6) is 0.0719. The Morgan fingerprint density at radius 3 is 2.68 bits per heavy atom. The van der Waals surface area contributed by atoms with Crippen molar-refractivity contribution in [3.63, 3.8) is 0 Å². The lowest BCUT2D eigenvalue weighted by Gasteiger charge is -2.38. The van der Waals surface area contributed by atoms with Crippen LogP contribution in [0.4, 0.5) is 0 Å². The molecular formula is C16H23ClN2O3. The Morgan fingerprint density at radius 1 is 1.32 bits per heavy atom. The molecule has 0 bridgehead atoms. The van der Waals surface area contributed by atoms with Crippen molar-refractivity contribution >= 4 is 18.3 Å². The van der Waals surface area contributed by atoms with Gasteiger partial charge in [0, 0.05) is 13.1 Å². The zero-order valence-electron chi connectivity index (χ0n) is 12.6. The molecule has 2 fully saturated rings. The Balaban J connectivity index is 0.00000176. The second-order valence-corrected chi connectivity index (χ2v) is 5.94. The molecule has 1 aromatic carbocycles. The van der Waals surface area contributed by atoms with Crippen LogP contribution in [0.15, 0.2) is 30.3 Å². The number of rotatable bonds is 2. The number of hydrogen-bond acceptors (Lipinski definition) is 4. The standard InChI is InChI=1S/C16H22N2O3.ClH/c1-11-9-18(16(20)14-7-13(19)8-17-14)10-15(21-11)12-5-3-2-4-6-12;/h2-6,11,13-15,17,19H,7-10H2,1H3;1H. The van der Waals surface area contributed by atoms with Crippen molar-refractivity contribution in [2.45, 2.75) is 37.7 Å². The molecule has 5 nitrogen and oxygen atoms in total. The van der Waals surface area contributed by atoms with E-state index in [-0.39, 0.29) is 36.6 Å². The highest BCUT2D eigenvalue weighted by Crippen LogP contribution is 2.26. The Kier molecular flexibility index (Phi) is 5.81. The minimum Gasteiger partial charge on any atom is -0.392 e. The molecule has 0 saturated carbocycles. The van der Waals surface area contributed by atoms with Crippen molar-refractivity contribution in [1.29, 1.82) is 0 Å². The number of nitrogens with one attached hydrogen (secondary N) is 1. The molecule has 0 spiro atoms. The predicted molar refractivity (Wildman–Crippen MR) is 86.0 cm³/mol. The molecule has 2 saturated heterocycles. The molecule has 2 heterocycles. The van der Waals surface area contributed by atoms with Gasteiger partial charge in [0.1, 0.15) is 6.10 Å². The molecule has 2 aliphatic rings. The quantitative estimate of drug-likeness (QED) is 0.855. The van der Waals surface area contributed by atoms with Crippen molar-refractivity contribution in [3.05, 3.63) is 35.9 Å². The first kappa shape index (κ1) is 17.2. The number of aliphatic hydroxyl groups excluding tert-OH is 1. The zero-order valence-corrected chi connectivity index (χ0v) is 13.5. The maximum Gasteiger partial charge on any atom is 0.240 e. The number of amides is 1. The third-order valence-electron chi connectivity index (χ3n) is 4.15. The van der Waals surface area contributed by atoms with E-state index in [4.69, 9.17) is 4.74 Å². The van der Waals surface area contributed by atoms with Crippen molar-refractivity contribution in [2.75, 3.05) is 19.6 Å². The van der Waals surface area contributed by atoms with Crippen LogP contribution in [-0.4, -0.2) is 53.8 Å². The predicted octanol–water partition coefficient (Wildman–Crippen LogP) is 1.12. The number of carbonyl (C=O) groups is 1. The van der Waals surface area contributed by atoms with Gasteiger partial charge in [-0.1, -0.05) is 30.3 Å². The van der Waals surface area contributed by atoms with Gasteiger partial charge in [-0.3, -0.25) is 4.79 Å². The van der Waals surface area contributed by atoms with E-state index in [1.54, 1.807) is 0 Å². The van der Waals surface area contributed by atoms with Crippen LogP contribution in [0.1, 0.15) is 25.0 Å². The van der Waals surface area contributed by atoms with Gasteiger partial charge in [-0.25, -0.2) is 0 Å². The highest BCUT2D eigenvalue weighted by molar-refractivity contribution is 5.85. The summed E-state index contributed by atoms with van der Waals surface area (Å²) in [6.45, 7) is 3.67. The van der Waals surface area contributed by atoms with Gasteiger partial charge in [-0.2, -0.15) is 0 Å². The maximum atomic E-state index is 12.6. The van der Waals surface area contributed by atoms with Crippen molar-refractivity contribution in [3.8, 4) is 0 Å². The lowest BCUT2D eigenvalue weighted by molar-refractivity contribution is -0.146. The summed E-state index contributed by atoms with van der Waals surface area (Å²) in [7, 11) is 0. The van der Waals surface area contributed by atoms with Crippen LogP contribution in [0.3, 0.4) is 0 Å². The van der Waals surface area contributed by atoms with E-state index in [9.17, 15) is 9.90 Å². The second-order valence-electron chi connectivity index (χ2n) is 5.94. The minimum absolute atomic E-state index is 0. The topological polar surface area (TPSA) is 61.8 Å². The zero-order chi connectivity index (χ0) is 14.8. The number of carbonyl (C=O) groups excluding carboxylic acids is 1. The fraction of sp³-hybridized carbons (Fsp3) is 0.562. The molecule has 1 aromatic rings. The van der Waals surface area contributed by atoms with Gasteiger partial charge in [0.05, 0.1) is 24.8 Å². The van der Waals surface area contributed by atoms with Crippen molar-refractivity contribution < 1.29 is 14.6 Å². The molecule has 2 aliphatic heterocycles. The van der Waals surface area contributed by atoms with E-state index >= 15 is 0 Å². The van der Waals surface area contributed by atoms with E-state index < -0.39 is 6.10 Å².